The molecule has 0 unspecified atom stereocenters. The molecular weight excluding hydrogens is 534 g/mol. The molecule has 3 amide bonds. The van der Waals surface area contributed by atoms with Crippen LogP contribution in [0.2, 0.25) is 0 Å². The van der Waals surface area contributed by atoms with Crippen LogP contribution < -0.4 is 21.4 Å². The van der Waals surface area contributed by atoms with Crippen LogP contribution in [0.3, 0.4) is 0 Å². The van der Waals surface area contributed by atoms with E-state index >= 15 is 0 Å². The van der Waals surface area contributed by atoms with Crippen LogP contribution in [0.5, 0.6) is 0 Å². The molecule has 0 fully saturated rings. The van der Waals surface area contributed by atoms with Crippen molar-refractivity contribution in [3.8, 4) is 0 Å². The molecule has 3 aromatic rings. The van der Waals surface area contributed by atoms with Gasteiger partial charge in [0.1, 0.15) is 0 Å². The number of anilines is 2. The summed E-state index contributed by atoms with van der Waals surface area (Å²) in [6.45, 7) is 19.7. The molecule has 228 valence electrons. The van der Waals surface area contributed by atoms with Crippen LogP contribution in [0.4, 0.5) is 16.2 Å². The zero-order chi connectivity index (χ0) is 31.6. The minimum absolute atomic E-state index is 0.0383. The van der Waals surface area contributed by atoms with Crippen molar-refractivity contribution in [2.45, 2.75) is 99.5 Å². The number of amides is 3. The monoisotopic (exact) mass is 579 g/mol. The lowest BCUT2D eigenvalue weighted by Crippen LogP contribution is -2.47. The van der Waals surface area contributed by atoms with Crippen molar-refractivity contribution in [3.63, 3.8) is 0 Å². The summed E-state index contributed by atoms with van der Waals surface area (Å²) in [4.78, 5) is 52.3. The zero-order valence-corrected chi connectivity index (χ0v) is 26.6. The van der Waals surface area contributed by atoms with Gasteiger partial charge in [-0.2, -0.15) is 0 Å². The van der Waals surface area contributed by atoms with Gasteiger partial charge in [-0.05, 0) is 67.3 Å². The molecule has 0 spiro atoms. The first-order valence-electron chi connectivity index (χ1n) is 14.4. The van der Waals surface area contributed by atoms with Crippen LogP contribution in [0.15, 0.2) is 33.5 Å². The molecule has 3 rings (SSSR count). The Hall–Kier alpha value is -3.88. The summed E-state index contributed by atoms with van der Waals surface area (Å²) in [5.74, 6) is -0.933. The predicted octanol–water partition coefficient (Wildman–Crippen LogP) is 7.50. The fourth-order valence-corrected chi connectivity index (χ4v) is 5.21. The molecule has 0 saturated heterocycles. The number of rotatable bonds is 8. The standard InChI is InChI=1S/C33H45N3O6/c1-11-12-13-41-29(39)20-14-22-26(38)23-16-21(32(6,7)8)17-25(34-19(2)37)28(23)42-27(22)24(15-20)35-30(40)36-33(9,10)18-31(3,4)5/h14-17H,11-13,18H2,1-10H3,(H,34,37)(H2,35,36,40). The molecule has 1 aromatic heterocycles. The second-order valence-electron chi connectivity index (χ2n) is 13.9. The zero-order valence-electron chi connectivity index (χ0n) is 26.6. The molecule has 1 heterocycles. The first-order chi connectivity index (χ1) is 19.3. The highest BCUT2D eigenvalue weighted by molar-refractivity contribution is 6.08. The lowest BCUT2D eigenvalue weighted by Gasteiger charge is -2.33. The lowest BCUT2D eigenvalue weighted by molar-refractivity contribution is -0.114. The van der Waals surface area contributed by atoms with Crippen molar-refractivity contribution in [3.05, 3.63) is 45.6 Å². The molecule has 9 nitrogen and oxygen atoms in total. The summed E-state index contributed by atoms with van der Waals surface area (Å²) in [5.41, 5.74) is 0.334. The lowest BCUT2D eigenvalue weighted by atomic mass is 9.82. The summed E-state index contributed by atoms with van der Waals surface area (Å²) in [6.07, 6.45) is 2.25. The molecule has 3 N–H and O–H groups in total. The Balaban J connectivity index is 2.26. The van der Waals surface area contributed by atoms with E-state index in [1.54, 1.807) is 12.1 Å². The number of hydrogen-bond donors (Lipinski definition) is 3. The third-order valence-corrected chi connectivity index (χ3v) is 6.69. The maximum absolute atomic E-state index is 14.0. The molecule has 0 saturated carbocycles. The average molecular weight is 580 g/mol. The second kappa shape index (κ2) is 12.2. The van der Waals surface area contributed by atoms with Crippen molar-refractivity contribution in [2.75, 3.05) is 17.2 Å². The van der Waals surface area contributed by atoms with Gasteiger partial charge in [-0.25, -0.2) is 9.59 Å². The first-order valence-corrected chi connectivity index (χ1v) is 14.4. The number of ether oxygens (including phenoxy) is 1. The Morgan fingerprint density at radius 1 is 0.857 bits per heavy atom. The summed E-state index contributed by atoms with van der Waals surface area (Å²) in [5, 5.41) is 8.92. The van der Waals surface area contributed by atoms with Gasteiger partial charge in [-0.3, -0.25) is 9.59 Å². The van der Waals surface area contributed by atoms with E-state index in [9.17, 15) is 19.2 Å². The molecule has 2 aromatic carbocycles. The Labute approximate surface area is 247 Å². The van der Waals surface area contributed by atoms with Crippen molar-refractivity contribution >= 4 is 51.2 Å². The Bertz CT molecular complexity index is 1570. The number of carbonyl (C=O) groups is 3. The summed E-state index contributed by atoms with van der Waals surface area (Å²) in [6, 6.07) is 5.89. The van der Waals surface area contributed by atoms with Crippen LogP contribution in [0, 0.1) is 5.41 Å². The average Bonchev–Trinajstić information content (AvgIpc) is 2.81. The topological polar surface area (TPSA) is 127 Å². The van der Waals surface area contributed by atoms with Crippen LogP contribution in [-0.4, -0.2) is 30.1 Å². The van der Waals surface area contributed by atoms with Crippen molar-refractivity contribution in [1.29, 1.82) is 0 Å². The number of esters is 1. The van der Waals surface area contributed by atoms with E-state index in [1.165, 1.54) is 19.1 Å². The van der Waals surface area contributed by atoms with Crippen LogP contribution in [0.25, 0.3) is 21.9 Å². The summed E-state index contributed by atoms with van der Waals surface area (Å²) >= 11 is 0. The molecule has 9 heteroatoms. The van der Waals surface area contributed by atoms with Crippen molar-refractivity contribution in [2.24, 2.45) is 5.41 Å². The Morgan fingerprint density at radius 3 is 2.00 bits per heavy atom. The minimum Gasteiger partial charge on any atom is -0.462 e. The van der Waals surface area contributed by atoms with Crippen molar-refractivity contribution in [1.82, 2.24) is 5.32 Å². The van der Waals surface area contributed by atoms with Crippen molar-refractivity contribution < 1.29 is 23.5 Å². The SMILES string of the molecule is CCCCOC(=O)c1cc(NC(=O)NC(C)(C)CC(C)(C)C)c2oc3c(NC(C)=O)cc(C(C)(C)C)cc3c(=O)c2c1. The van der Waals surface area contributed by atoms with E-state index in [0.717, 1.165) is 12.0 Å². The first kappa shape index (κ1) is 32.6. The van der Waals surface area contributed by atoms with Gasteiger partial charge in [0.2, 0.25) is 11.3 Å². The van der Waals surface area contributed by atoms with Gasteiger partial charge in [0, 0.05) is 12.5 Å². The number of carbonyl (C=O) groups excluding carboxylic acids is 3. The van der Waals surface area contributed by atoms with E-state index < -0.39 is 23.0 Å². The number of hydrogen-bond acceptors (Lipinski definition) is 6. The summed E-state index contributed by atoms with van der Waals surface area (Å²) < 4.78 is 11.7. The van der Waals surface area contributed by atoms with Gasteiger partial charge in [0.15, 0.2) is 11.2 Å². The molecule has 0 atom stereocenters. The van der Waals surface area contributed by atoms with E-state index in [2.05, 4.69) is 36.7 Å². The number of fused-ring (bicyclic) bond motifs is 2. The maximum atomic E-state index is 14.0. The molecule has 0 aliphatic heterocycles. The van der Waals surface area contributed by atoms with Gasteiger partial charge in [0.05, 0.1) is 34.3 Å². The van der Waals surface area contributed by atoms with Gasteiger partial charge >= 0.3 is 12.0 Å². The highest BCUT2D eigenvalue weighted by atomic mass is 16.5. The van der Waals surface area contributed by atoms with E-state index in [1.807, 2.05) is 41.5 Å². The van der Waals surface area contributed by atoms with Crippen LogP contribution in [-0.2, 0) is 14.9 Å². The molecule has 42 heavy (non-hydrogen) atoms. The second-order valence-corrected chi connectivity index (χ2v) is 13.9. The highest BCUT2D eigenvalue weighted by Crippen LogP contribution is 2.35. The van der Waals surface area contributed by atoms with Gasteiger partial charge in [-0.1, -0.05) is 54.9 Å². The maximum Gasteiger partial charge on any atom is 0.338 e. The number of nitrogens with one attached hydrogen (secondary N) is 3. The number of benzene rings is 2. The third kappa shape index (κ3) is 8.11. The van der Waals surface area contributed by atoms with E-state index in [-0.39, 0.29) is 56.5 Å². The quantitative estimate of drug-likeness (QED) is 0.144. The molecule has 0 bridgehead atoms. The smallest absolute Gasteiger partial charge is 0.338 e. The van der Waals surface area contributed by atoms with Gasteiger partial charge < -0.3 is 25.1 Å². The highest BCUT2D eigenvalue weighted by Gasteiger charge is 2.28. The van der Waals surface area contributed by atoms with Crippen LogP contribution in [0.1, 0.15) is 104 Å². The fourth-order valence-electron chi connectivity index (χ4n) is 5.21. The molecular formula is C33H45N3O6. The molecule has 0 aliphatic carbocycles. The molecule has 0 radical (unpaired) electrons. The van der Waals surface area contributed by atoms with Gasteiger partial charge in [-0.15, -0.1) is 0 Å². The normalized spacial score (nSPS) is 12.3. The summed E-state index contributed by atoms with van der Waals surface area (Å²) in [7, 11) is 0. The Morgan fingerprint density at radius 2 is 1.45 bits per heavy atom. The van der Waals surface area contributed by atoms with E-state index in [0.29, 0.717) is 18.5 Å². The third-order valence-electron chi connectivity index (χ3n) is 6.69. The minimum atomic E-state index is -0.608. The predicted molar refractivity (Wildman–Crippen MR) is 168 cm³/mol. The Kier molecular flexibility index (Phi) is 9.44. The number of unbranched alkanes of at least 4 members (excludes halogenated alkanes) is 1. The van der Waals surface area contributed by atoms with Crippen LogP contribution >= 0.6 is 0 Å². The largest absolute Gasteiger partial charge is 0.462 e. The number of urea groups is 1. The van der Waals surface area contributed by atoms with E-state index in [4.69, 9.17) is 9.15 Å². The van der Waals surface area contributed by atoms with Gasteiger partial charge in [0.25, 0.3) is 0 Å². The fraction of sp³-hybridized carbons (Fsp3) is 0.515. The molecule has 0 aliphatic rings.